The van der Waals surface area contributed by atoms with Crippen LogP contribution in [0.5, 0.6) is 0 Å². The SMILES string of the molecule is CCCCCCCCCCCCCCCCC(=O)O[C@H](COC(=O)CCCCCCCCCCCCC(C)C)COP(=O)(O)OC[C@@H](O)COP(=O)(O)OC[C@@H](COC(=O)CCCCCCCCCCCC)OC(=O)CCCCCCCCCCCCC(C)C. The lowest BCUT2D eigenvalue weighted by molar-refractivity contribution is -0.161. The Bertz CT molecular complexity index is 1750. The van der Waals surface area contributed by atoms with Crippen LogP contribution in [-0.4, -0.2) is 96.7 Å². The number of hydrogen-bond acceptors (Lipinski definition) is 15. The van der Waals surface area contributed by atoms with Crippen molar-refractivity contribution in [1.82, 2.24) is 0 Å². The van der Waals surface area contributed by atoms with Crippen LogP contribution in [-0.2, 0) is 65.4 Å². The fraction of sp³-hybridized carbons (Fsp3) is 0.944. The maximum atomic E-state index is 13.0. The minimum atomic E-state index is -4.95. The molecule has 0 heterocycles. The molecular formula is C71H138O17P2. The zero-order chi connectivity index (χ0) is 66.5. The van der Waals surface area contributed by atoms with Crippen LogP contribution < -0.4 is 0 Å². The predicted molar refractivity (Wildman–Crippen MR) is 363 cm³/mol. The number of ether oxygens (including phenoxy) is 4. The summed E-state index contributed by atoms with van der Waals surface area (Å²) in [6, 6.07) is 0. The first-order chi connectivity index (χ1) is 43.4. The standard InChI is InChI=1S/C71H138O17P2/c1-7-9-11-13-15-17-19-20-21-22-31-37-43-49-55-70(75)87-67(60-82-69(74)54-48-42-36-30-25-23-27-33-39-45-51-63(3)4)62-86-90(79,80)84-58-65(72)57-83-89(77,78)85-61-66(59-81-68(73)53-47-41-35-29-18-16-14-12-10-8-2)88-71(76)56-50-44-38-32-26-24-28-34-40-46-52-64(5)6/h63-67,72H,7-62H2,1-6H3,(H,77,78)(H,79,80)/t65-,66+,67+/m0/s1. The highest BCUT2D eigenvalue weighted by Crippen LogP contribution is 2.45. The number of carbonyl (C=O) groups excluding carboxylic acids is 4. The van der Waals surface area contributed by atoms with Crippen molar-refractivity contribution >= 4 is 39.5 Å². The van der Waals surface area contributed by atoms with Crippen LogP contribution in [0.15, 0.2) is 0 Å². The molecule has 0 aliphatic carbocycles. The Morgan fingerprint density at radius 1 is 0.300 bits per heavy atom. The van der Waals surface area contributed by atoms with Crippen LogP contribution in [0.2, 0.25) is 0 Å². The lowest BCUT2D eigenvalue weighted by atomic mass is 10.0. The van der Waals surface area contributed by atoms with Gasteiger partial charge in [0, 0.05) is 25.7 Å². The van der Waals surface area contributed by atoms with Crippen molar-refractivity contribution in [3.8, 4) is 0 Å². The smallest absolute Gasteiger partial charge is 0.462 e. The van der Waals surface area contributed by atoms with Gasteiger partial charge in [-0.1, -0.05) is 311 Å². The molecule has 0 aromatic carbocycles. The van der Waals surface area contributed by atoms with E-state index in [9.17, 15) is 43.2 Å². The maximum absolute atomic E-state index is 13.0. The van der Waals surface area contributed by atoms with Crippen molar-refractivity contribution in [2.45, 2.75) is 381 Å². The molecule has 0 saturated heterocycles. The molecule has 5 atom stereocenters. The molecule has 0 aromatic rings. The molecule has 0 spiro atoms. The molecule has 534 valence electrons. The monoisotopic (exact) mass is 1320 g/mol. The lowest BCUT2D eigenvalue weighted by Gasteiger charge is -2.21. The number of hydrogen-bond donors (Lipinski definition) is 3. The van der Waals surface area contributed by atoms with E-state index < -0.39 is 97.5 Å². The van der Waals surface area contributed by atoms with Crippen molar-refractivity contribution in [1.29, 1.82) is 0 Å². The van der Waals surface area contributed by atoms with E-state index in [1.807, 2.05) is 0 Å². The average Bonchev–Trinajstić information content (AvgIpc) is 3.16. The van der Waals surface area contributed by atoms with E-state index in [4.69, 9.17) is 37.0 Å². The van der Waals surface area contributed by atoms with Gasteiger partial charge < -0.3 is 33.8 Å². The Morgan fingerprint density at radius 2 is 0.511 bits per heavy atom. The molecule has 0 rings (SSSR count). The molecule has 0 aliphatic heterocycles. The third-order valence-corrected chi connectivity index (χ3v) is 18.4. The Morgan fingerprint density at radius 3 is 0.756 bits per heavy atom. The summed E-state index contributed by atoms with van der Waals surface area (Å²) in [5, 5.41) is 10.6. The summed E-state index contributed by atoms with van der Waals surface area (Å²) in [5.74, 6) is -0.610. The first kappa shape index (κ1) is 88.1. The summed E-state index contributed by atoms with van der Waals surface area (Å²) < 4.78 is 68.3. The minimum absolute atomic E-state index is 0.106. The molecule has 0 fully saturated rings. The second-order valence-electron chi connectivity index (χ2n) is 26.6. The Hall–Kier alpha value is -1.94. The quantitative estimate of drug-likeness (QED) is 0.0222. The molecule has 2 unspecified atom stereocenters. The van der Waals surface area contributed by atoms with Gasteiger partial charge >= 0.3 is 39.5 Å². The highest BCUT2D eigenvalue weighted by molar-refractivity contribution is 7.47. The first-order valence-electron chi connectivity index (χ1n) is 37.0. The van der Waals surface area contributed by atoms with Crippen LogP contribution >= 0.6 is 15.6 Å². The van der Waals surface area contributed by atoms with Crippen molar-refractivity contribution in [2.75, 3.05) is 39.6 Å². The number of unbranched alkanes of at least 4 members (excludes halogenated alkanes) is 40. The van der Waals surface area contributed by atoms with Crippen molar-refractivity contribution in [3.63, 3.8) is 0 Å². The lowest BCUT2D eigenvalue weighted by Crippen LogP contribution is -2.30. The molecule has 0 aromatic heterocycles. The topological polar surface area (TPSA) is 237 Å². The second-order valence-corrected chi connectivity index (χ2v) is 29.5. The maximum Gasteiger partial charge on any atom is 0.472 e. The van der Waals surface area contributed by atoms with E-state index in [0.717, 1.165) is 102 Å². The van der Waals surface area contributed by atoms with Crippen LogP contribution in [0.1, 0.15) is 363 Å². The van der Waals surface area contributed by atoms with E-state index in [1.165, 1.54) is 180 Å². The number of carbonyl (C=O) groups is 4. The van der Waals surface area contributed by atoms with E-state index in [-0.39, 0.29) is 25.7 Å². The summed E-state index contributed by atoms with van der Waals surface area (Å²) in [7, 11) is -9.90. The number of aliphatic hydroxyl groups excluding tert-OH is 1. The zero-order valence-electron chi connectivity index (χ0n) is 58.4. The summed E-state index contributed by atoms with van der Waals surface area (Å²) >= 11 is 0. The summed E-state index contributed by atoms with van der Waals surface area (Å²) in [4.78, 5) is 72.6. The van der Waals surface area contributed by atoms with Gasteiger partial charge in [-0.15, -0.1) is 0 Å². The largest absolute Gasteiger partial charge is 0.472 e. The van der Waals surface area contributed by atoms with Crippen LogP contribution in [0.4, 0.5) is 0 Å². The number of esters is 4. The molecular weight excluding hydrogens is 1190 g/mol. The molecule has 90 heavy (non-hydrogen) atoms. The molecule has 3 N–H and O–H groups in total. The molecule has 0 saturated carbocycles. The van der Waals surface area contributed by atoms with Gasteiger partial charge in [-0.3, -0.25) is 37.3 Å². The number of phosphoric acid groups is 2. The predicted octanol–water partition coefficient (Wildman–Crippen LogP) is 20.4. The fourth-order valence-corrected chi connectivity index (χ4v) is 12.3. The molecule has 0 aliphatic rings. The fourth-order valence-electron chi connectivity index (χ4n) is 10.8. The third kappa shape index (κ3) is 64.8. The number of phosphoric ester groups is 2. The molecule has 0 bridgehead atoms. The summed E-state index contributed by atoms with van der Waals surface area (Å²) in [5.41, 5.74) is 0. The Kier molecular flexibility index (Phi) is 61.8. The Balaban J connectivity index is 5.25. The van der Waals surface area contributed by atoms with Crippen molar-refractivity contribution in [2.24, 2.45) is 11.8 Å². The molecule has 19 heteroatoms. The van der Waals surface area contributed by atoms with Gasteiger partial charge in [0.15, 0.2) is 12.2 Å². The van der Waals surface area contributed by atoms with Crippen molar-refractivity contribution in [3.05, 3.63) is 0 Å². The zero-order valence-corrected chi connectivity index (χ0v) is 60.2. The number of aliphatic hydroxyl groups is 1. The van der Waals surface area contributed by atoms with E-state index >= 15 is 0 Å². The second kappa shape index (κ2) is 63.1. The summed E-state index contributed by atoms with van der Waals surface area (Å²) in [6.45, 7) is 9.54. The highest BCUT2D eigenvalue weighted by Gasteiger charge is 2.30. The van der Waals surface area contributed by atoms with Gasteiger partial charge in [0.25, 0.3) is 0 Å². The Labute approximate surface area is 549 Å². The van der Waals surface area contributed by atoms with Gasteiger partial charge in [-0.2, -0.15) is 0 Å². The van der Waals surface area contributed by atoms with Gasteiger partial charge in [0.1, 0.15) is 19.3 Å². The van der Waals surface area contributed by atoms with Gasteiger partial charge in [-0.05, 0) is 37.5 Å². The third-order valence-electron chi connectivity index (χ3n) is 16.5. The van der Waals surface area contributed by atoms with Crippen LogP contribution in [0.3, 0.4) is 0 Å². The van der Waals surface area contributed by atoms with E-state index in [1.54, 1.807) is 0 Å². The molecule has 0 radical (unpaired) electrons. The minimum Gasteiger partial charge on any atom is -0.462 e. The first-order valence-corrected chi connectivity index (χ1v) is 40.0. The van der Waals surface area contributed by atoms with Gasteiger partial charge in [0.2, 0.25) is 0 Å². The molecule has 0 amide bonds. The van der Waals surface area contributed by atoms with Crippen LogP contribution in [0.25, 0.3) is 0 Å². The van der Waals surface area contributed by atoms with Gasteiger partial charge in [0.05, 0.1) is 26.4 Å². The normalized spacial score (nSPS) is 14.1. The van der Waals surface area contributed by atoms with Crippen LogP contribution in [0, 0.1) is 11.8 Å². The average molecular weight is 1330 g/mol. The van der Waals surface area contributed by atoms with E-state index in [2.05, 4.69) is 41.5 Å². The van der Waals surface area contributed by atoms with Crippen molar-refractivity contribution < 1.29 is 80.2 Å². The summed E-state index contributed by atoms with van der Waals surface area (Å²) in [6.07, 6.45) is 48.4. The molecule has 17 nitrogen and oxygen atoms in total. The van der Waals surface area contributed by atoms with E-state index in [0.29, 0.717) is 25.7 Å². The van der Waals surface area contributed by atoms with Gasteiger partial charge in [-0.25, -0.2) is 9.13 Å². The highest BCUT2D eigenvalue weighted by atomic mass is 31.2. The number of rotatable bonds is 70.